The Kier molecular flexibility index (Phi) is 6.75. The standard InChI is InChI=1S/C22H19Cl2N3O3S2/c1-2-12-27-19-17(23)10-11-18(24)20(19)31-22(27)25-21(28)15-7-6-13-26(14-15)32(29,30)16-8-4-3-5-9-16/h1,3-5,8-11,15H,6-7,12-14H2. The van der Waals surface area contributed by atoms with Crippen LogP contribution in [0, 0.1) is 18.3 Å². The Bertz CT molecular complexity index is 1390. The highest BCUT2D eigenvalue weighted by Crippen LogP contribution is 2.32. The van der Waals surface area contributed by atoms with E-state index in [1.165, 1.54) is 15.6 Å². The molecule has 0 radical (unpaired) electrons. The summed E-state index contributed by atoms with van der Waals surface area (Å²) < 4.78 is 29.7. The van der Waals surface area contributed by atoms with Gasteiger partial charge in [0.1, 0.15) is 0 Å². The molecule has 0 bridgehead atoms. The number of aromatic nitrogens is 1. The molecule has 0 N–H and O–H groups in total. The highest BCUT2D eigenvalue weighted by Gasteiger charge is 2.33. The number of carbonyl (C=O) groups is 1. The lowest BCUT2D eigenvalue weighted by atomic mass is 9.99. The average molecular weight is 508 g/mol. The maximum Gasteiger partial charge on any atom is 0.252 e. The third-order valence-electron chi connectivity index (χ3n) is 5.30. The summed E-state index contributed by atoms with van der Waals surface area (Å²) in [5.41, 5.74) is 0.630. The van der Waals surface area contributed by atoms with Crippen molar-refractivity contribution in [2.75, 3.05) is 13.1 Å². The van der Waals surface area contributed by atoms with Crippen LogP contribution in [0.5, 0.6) is 0 Å². The van der Waals surface area contributed by atoms with Crippen LogP contribution in [-0.2, 0) is 21.4 Å². The van der Waals surface area contributed by atoms with Gasteiger partial charge in [-0.05, 0) is 37.1 Å². The lowest BCUT2D eigenvalue weighted by molar-refractivity contribution is -0.122. The predicted molar refractivity (Wildman–Crippen MR) is 127 cm³/mol. The van der Waals surface area contributed by atoms with Crippen molar-refractivity contribution in [2.45, 2.75) is 24.3 Å². The number of halogens is 2. The van der Waals surface area contributed by atoms with Crippen LogP contribution in [-0.4, -0.2) is 36.3 Å². The molecule has 1 fully saturated rings. The van der Waals surface area contributed by atoms with Gasteiger partial charge >= 0.3 is 0 Å². The van der Waals surface area contributed by atoms with Gasteiger partial charge in [0.05, 0.1) is 37.6 Å². The number of sulfonamides is 1. The fourth-order valence-corrected chi connectivity index (χ4v) is 6.92. The fourth-order valence-electron chi connectivity index (χ4n) is 3.72. The third-order valence-corrected chi connectivity index (χ3v) is 9.02. The minimum Gasteiger partial charge on any atom is -0.303 e. The van der Waals surface area contributed by atoms with Crippen molar-refractivity contribution < 1.29 is 13.2 Å². The number of hydrogen-bond acceptors (Lipinski definition) is 4. The second-order valence-corrected chi connectivity index (χ2v) is 11.1. The number of hydrogen-bond donors (Lipinski definition) is 0. The van der Waals surface area contributed by atoms with Gasteiger partial charge in [-0.25, -0.2) is 8.42 Å². The van der Waals surface area contributed by atoms with Gasteiger partial charge in [-0.15, -0.1) is 6.42 Å². The summed E-state index contributed by atoms with van der Waals surface area (Å²) in [7, 11) is -3.67. The molecular weight excluding hydrogens is 489 g/mol. The van der Waals surface area contributed by atoms with E-state index in [0.29, 0.717) is 44.4 Å². The summed E-state index contributed by atoms with van der Waals surface area (Å²) in [5, 5.41) is 0.953. The zero-order valence-corrected chi connectivity index (χ0v) is 20.0. The number of terminal acetylenes is 1. The number of amides is 1. The van der Waals surface area contributed by atoms with Crippen LogP contribution < -0.4 is 4.80 Å². The third kappa shape index (κ3) is 4.36. The molecule has 2 aromatic carbocycles. The van der Waals surface area contributed by atoms with Crippen LogP contribution in [0.25, 0.3) is 10.2 Å². The zero-order valence-electron chi connectivity index (χ0n) is 16.9. The Morgan fingerprint density at radius 3 is 2.62 bits per heavy atom. The molecule has 1 saturated heterocycles. The van der Waals surface area contributed by atoms with Gasteiger partial charge in [-0.1, -0.05) is 58.7 Å². The van der Waals surface area contributed by atoms with Gasteiger partial charge in [0.15, 0.2) is 4.80 Å². The summed E-state index contributed by atoms with van der Waals surface area (Å²) in [6.07, 6.45) is 6.66. The van der Waals surface area contributed by atoms with Gasteiger partial charge < -0.3 is 4.57 Å². The minimum absolute atomic E-state index is 0.0844. The first kappa shape index (κ1) is 23.0. The first-order valence-corrected chi connectivity index (χ1v) is 12.9. The normalized spacial score (nSPS) is 18.0. The SMILES string of the molecule is C#CCn1c(=NC(=O)C2CCCN(S(=O)(=O)c3ccccc3)C2)sc2c(Cl)ccc(Cl)c21. The molecule has 0 spiro atoms. The van der Waals surface area contributed by atoms with Crippen LogP contribution in [0.3, 0.4) is 0 Å². The number of nitrogens with zero attached hydrogens (tertiary/aromatic N) is 3. The molecule has 6 nitrogen and oxygen atoms in total. The van der Waals surface area contributed by atoms with Gasteiger partial charge in [0.2, 0.25) is 10.0 Å². The number of thiazole rings is 1. The first-order valence-electron chi connectivity index (χ1n) is 9.87. The molecule has 32 heavy (non-hydrogen) atoms. The number of carbonyl (C=O) groups excluding carboxylic acids is 1. The van der Waals surface area contributed by atoms with Crippen molar-refractivity contribution >= 4 is 60.7 Å². The molecule has 1 aliphatic heterocycles. The summed E-state index contributed by atoms with van der Waals surface area (Å²) in [4.78, 5) is 18.0. The average Bonchev–Trinajstić information content (AvgIpc) is 3.16. The van der Waals surface area contributed by atoms with Crippen LogP contribution in [0.2, 0.25) is 10.0 Å². The van der Waals surface area contributed by atoms with Crippen molar-refractivity contribution in [2.24, 2.45) is 10.9 Å². The molecule has 0 aliphatic carbocycles. The van der Waals surface area contributed by atoms with Crippen LogP contribution in [0.15, 0.2) is 52.4 Å². The van der Waals surface area contributed by atoms with Gasteiger partial charge in [0.25, 0.3) is 5.91 Å². The molecule has 1 unspecified atom stereocenters. The number of rotatable bonds is 4. The van der Waals surface area contributed by atoms with Gasteiger partial charge in [-0.2, -0.15) is 9.30 Å². The Hall–Kier alpha value is -2.15. The van der Waals surface area contributed by atoms with Crippen molar-refractivity contribution in [3.63, 3.8) is 0 Å². The van der Waals surface area contributed by atoms with E-state index in [9.17, 15) is 13.2 Å². The Labute approximate surface area is 200 Å². The molecule has 2 heterocycles. The lowest BCUT2D eigenvalue weighted by Crippen LogP contribution is -2.42. The summed E-state index contributed by atoms with van der Waals surface area (Å²) in [6.45, 7) is 0.624. The molecule has 4 rings (SSSR count). The monoisotopic (exact) mass is 507 g/mol. The molecular formula is C22H19Cl2N3O3S2. The van der Waals surface area contributed by atoms with Crippen molar-refractivity contribution in [1.29, 1.82) is 0 Å². The van der Waals surface area contributed by atoms with Crippen molar-refractivity contribution in [1.82, 2.24) is 8.87 Å². The molecule has 1 atom stereocenters. The summed E-state index contributed by atoms with van der Waals surface area (Å²) in [6, 6.07) is 11.6. The van der Waals surface area contributed by atoms with E-state index in [-0.39, 0.29) is 23.9 Å². The van der Waals surface area contributed by atoms with E-state index in [1.54, 1.807) is 47.0 Å². The fraction of sp³-hybridized carbons (Fsp3) is 0.273. The second-order valence-electron chi connectivity index (χ2n) is 7.35. The van der Waals surface area contributed by atoms with Gasteiger partial charge in [-0.3, -0.25) is 4.79 Å². The smallest absolute Gasteiger partial charge is 0.252 e. The molecule has 10 heteroatoms. The number of benzene rings is 2. The molecule has 3 aromatic rings. The zero-order chi connectivity index (χ0) is 22.9. The molecule has 1 aliphatic rings. The largest absolute Gasteiger partial charge is 0.303 e. The van der Waals surface area contributed by atoms with E-state index in [4.69, 9.17) is 29.6 Å². The maximum atomic E-state index is 13.1. The first-order chi connectivity index (χ1) is 15.3. The topological polar surface area (TPSA) is 71.7 Å². The van der Waals surface area contributed by atoms with E-state index in [0.717, 1.165) is 0 Å². The Balaban J connectivity index is 1.68. The summed E-state index contributed by atoms with van der Waals surface area (Å²) in [5.74, 6) is 1.63. The Morgan fingerprint density at radius 2 is 1.91 bits per heavy atom. The summed E-state index contributed by atoms with van der Waals surface area (Å²) >= 11 is 13.9. The van der Waals surface area contributed by atoms with Crippen LogP contribution >= 0.6 is 34.5 Å². The molecule has 1 amide bonds. The van der Waals surface area contributed by atoms with Gasteiger partial charge in [0, 0.05) is 13.1 Å². The molecule has 166 valence electrons. The van der Waals surface area contributed by atoms with E-state index < -0.39 is 15.9 Å². The maximum absolute atomic E-state index is 13.1. The number of piperidine rings is 1. The molecule has 1 aromatic heterocycles. The van der Waals surface area contributed by atoms with Crippen molar-refractivity contribution in [3.8, 4) is 12.3 Å². The Morgan fingerprint density at radius 1 is 1.19 bits per heavy atom. The highest BCUT2D eigenvalue weighted by molar-refractivity contribution is 7.89. The van der Waals surface area contributed by atoms with Crippen molar-refractivity contribution in [3.05, 3.63) is 57.3 Å². The van der Waals surface area contributed by atoms with E-state index >= 15 is 0 Å². The minimum atomic E-state index is -3.67. The predicted octanol–water partition coefficient (Wildman–Crippen LogP) is 4.17. The molecule has 0 saturated carbocycles. The number of fused-ring (bicyclic) bond motifs is 1. The van der Waals surface area contributed by atoms with E-state index in [2.05, 4.69) is 10.9 Å². The highest BCUT2D eigenvalue weighted by atomic mass is 35.5. The van der Waals surface area contributed by atoms with Crippen LogP contribution in [0.1, 0.15) is 12.8 Å². The van der Waals surface area contributed by atoms with Crippen LogP contribution in [0.4, 0.5) is 0 Å². The van der Waals surface area contributed by atoms with E-state index in [1.807, 2.05) is 0 Å². The second kappa shape index (κ2) is 9.38. The quantitative estimate of drug-likeness (QED) is 0.497. The lowest BCUT2D eigenvalue weighted by Gasteiger charge is -2.30.